The summed E-state index contributed by atoms with van der Waals surface area (Å²) >= 11 is 3.19. The first-order chi connectivity index (χ1) is 10.8. The molecule has 0 radical (unpaired) electrons. The van der Waals surface area contributed by atoms with Crippen molar-refractivity contribution < 1.29 is 27.4 Å². The normalized spacial score (nSPS) is 11.1. The molecule has 0 aliphatic rings. The van der Waals surface area contributed by atoms with E-state index in [1.54, 1.807) is 18.2 Å². The molecule has 2 aromatic heterocycles. The number of hydrogen-bond donors (Lipinski definition) is 0. The van der Waals surface area contributed by atoms with Crippen LogP contribution in [0.4, 0.5) is 13.2 Å². The SMILES string of the molecule is O=C(OCc1cccc(Br)n1)c1ccnc(OCC(F)(F)F)c1. The maximum absolute atomic E-state index is 12.1. The Morgan fingerprint density at radius 2 is 2.04 bits per heavy atom. The summed E-state index contributed by atoms with van der Waals surface area (Å²) < 4.78 is 46.4. The van der Waals surface area contributed by atoms with Gasteiger partial charge in [-0.25, -0.2) is 14.8 Å². The molecule has 0 aliphatic heterocycles. The number of aromatic nitrogens is 2. The number of carbonyl (C=O) groups is 1. The summed E-state index contributed by atoms with van der Waals surface area (Å²) in [7, 11) is 0. The number of ether oxygens (including phenoxy) is 2. The van der Waals surface area contributed by atoms with Gasteiger partial charge in [-0.1, -0.05) is 6.07 Å². The molecule has 122 valence electrons. The van der Waals surface area contributed by atoms with Crippen molar-refractivity contribution in [1.29, 1.82) is 0 Å². The van der Waals surface area contributed by atoms with Crippen molar-refractivity contribution in [2.45, 2.75) is 12.8 Å². The molecule has 0 aromatic carbocycles. The number of hydrogen-bond acceptors (Lipinski definition) is 5. The van der Waals surface area contributed by atoms with Gasteiger partial charge in [0.1, 0.15) is 11.2 Å². The zero-order valence-electron chi connectivity index (χ0n) is 11.5. The van der Waals surface area contributed by atoms with Gasteiger partial charge in [0.2, 0.25) is 5.88 Å². The van der Waals surface area contributed by atoms with Crippen LogP contribution in [0.5, 0.6) is 5.88 Å². The van der Waals surface area contributed by atoms with Crippen molar-refractivity contribution in [3.63, 3.8) is 0 Å². The number of pyridine rings is 2. The maximum Gasteiger partial charge on any atom is 0.422 e. The van der Waals surface area contributed by atoms with Crippen LogP contribution in [0.3, 0.4) is 0 Å². The molecule has 0 saturated carbocycles. The fourth-order valence-electron chi connectivity index (χ4n) is 1.52. The maximum atomic E-state index is 12.1. The fourth-order valence-corrected chi connectivity index (χ4v) is 1.91. The van der Waals surface area contributed by atoms with Gasteiger partial charge in [-0.15, -0.1) is 0 Å². The predicted octanol–water partition coefficient (Wildman–Crippen LogP) is 3.54. The second kappa shape index (κ2) is 7.40. The molecule has 0 aliphatic carbocycles. The van der Waals surface area contributed by atoms with E-state index < -0.39 is 18.8 Å². The van der Waals surface area contributed by atoms with Crippen molar-refractivity contribution >= 4 is 21.9 Å². The van der Waals surface area contributed by atoms with Gasteiger partial charge in [0.05, 0.1) is 11.3 Å². The van der Waals surface area contributed by atoms with E-state index in [2.05, 4.69) is 30.6 Å². The summed E-state index contributed by atoms with van der Waals surface area (Å²) in [5, 5.41) is 0. The van der Waals surface area contributed by atoms with Crippen LogP contribution in [0, 0.1) is 0 Å². The quantitative estimate of drug-likeness (QED) is 0.577. The van der Waals surface area contributed by atoms with E-state index >= 15 is 0 Å². The molecule has 2 aromatic rings. The molecule has 0 spiro atoms. The molecule has 0 saturated heterocycles. The number of halogens is 4. The van der Waals surface area contributed by atoms with E-state index in [4.69, 9.17) is 4.74 Å². The Morgan fingerprint density at radius 1 is 1.26 bits per heavy atom. The molecule has 0 atom stereocenters. The lowest BCUT2D eigenvalue weighted by Gasteiger charge is -2.09. The van der Waals surface area contributed by atoms with Gasteiger partial charge in [0, 0.05) is 12.3 Å². The first-order valence-electron chi connectivity index (χ1n) is 6.28. The fraction of sp³-hybridized carbons (Fsp3) is 0.214. The second-order valence-electron chi connectivity index (χ2n) is 4.31. The zero-order valence-corrected chi connectivity index (χ0v) is 13.1. The topological polar surface area (TPSA) is 61.3 Å². The van der Waals surface area contributed by atoms with Gasteiger partial charge in [-0.05, 0) is 34.1 Å². The van der Waals surface area contributed by atoms with Crippen molar-refractivity contribution in [1.82, 2.24) is 9.97 Å². The minimum absolute atomic E-state index is 0.0344. The minimum atomic E-state index is -4.48. The van der Waals surface area contributed by atoms with Crippen LogP contribution in [0.15, 0.2) is 41.1 Å². The molecule has 9 heteroatoms. The van der Waals surface area contributed by atoms with Crippen molar-refractivity contribution in [3.8, 4) is 5.88 Å². The summed E-state index contributed by atoms with van der Waals surface area (Å²) in [5.41, 5.74) is 0.558. The van der Waals surface area contributed by atoms with Gasteiger partial charge < -0.3 is 9.47 Å². The minimum Gasteiger partial charge on any atom is -0.468 e. The summed E-state index contributed by atoms with van der Waals surface area (Å²) in [4.78, 5) is 19.6. The molecule has 23 heavy (non-hydrogen) atoms. The third-order valence-corrected chi connectivity index (χ3v) is 2.92. The first kappa shape index (κ1) is 17.2. The Labute approximate surface area is 137 Å². The van der Waals surface area contributed by atoms with Crippen LogP contribution in [0.1, 0.15) is 16.1 Å². The van der Waals surface area contributed by atoms with E-state index in [-0.39, 0.29) is 18.1 Å². The van der Waals surface area contributed by atoms with Crippen LogP contribution in [-0.4, -0.2) is 28.7 Å². The van der Waals surface area contributed by atoms with Gasteiger partial charge in [0.15, 0.2) is 6.61 Å². The molecule has 5 nitrogen and oxygen atoms in total. The van der Waals surface area contributed by atoms with Crippen LogP contribution in [0.2, 0.25) is 0 Å². The average Bonchev–Trinajstić information content (AvgIpc) is 2.50. The first-order valence-corrected chi connectivity index (χ1v) is 7.07. The molecular weight excluding hydrogens is 381 g/mol. The molecular formula is C14H10BrF3N2O3. The summed E-state index contributed by atoms with van der Waals surface area (Å²) in [6, 6.07) is 7.52. The van der Waals surface area contributed by atoms with E-state index in [1.807, 2.05) is 0 Å². The van der Waals surface area contributed by atoms with Gasteiger partial charge in [-0.2, -0.15) is 13.2 Å². The summed E-state index contributed by atoms with van der Waals surface area (Å²) in [5.74, 6) is -1.02. The number of esters is 1. The van der Waals surface area contributed by atoms with Crippen LogP contribution in [0.25, 0.3) is 0 Å². The Bertz CT molecular complexity index is 695. The van der Waals surface area contributed by atoms with Gasteiger partial charge in [-0.3, -0.25) is 0 Å². The molecule has 0 unspecified atom stereocenters. The third-order valence-electron chi connectivity index (χ3n) is 2.48. The monoisotopic (exact) mass is 390 g/mol. The van der Waals surface area contributed by atoms with Crippen molar-refractivity contribution in [2.24, 2.45) is 0 Å². The highest BCUT2D eigenvalue weighted by molar-refractivity contribution is 9.10. The summed E-state index contributed by atoms with van der Waals surface area (Å²) in [6.45, 7) is -1.56. The molecule has 2 heterocycles. The second-order valence-corrected chi connectivity index (χ2v) is 5.13. The van der Waals surface area contributed by atoms with E-state index in [9.17, 15) is 18.0 Å². The van der Waals surface area contributed by atoms with Crippen LogP contribution < -0.4 is 4.74 Å². The highest BCUT2D eigenvalue weighted by Crippen LogP contribution is 2.18. The highest BCUT2D eigenvalue weighted by atomic mass is 79.9. The van der Waals surface area contributed by atoms with Gasteiger partial charge in [0.25, 0.3) is 0 Å². The third kappa shape index (κ3) is 5.85. The Hall–Kier alpha value is -2.16. The molecule has 0 amide bonds. The van der Waals surface area contributed by atoms with E-state index in [0.717, 1.165) is 6.07 Å². The van der Waals surface area contributed by atoms with E-state index in [1.165, 1.54) is 12.3 Å². The Morgan fingerprint density at radius 3 is 2.74 bits per heavy atom. The largest absolute Gasteiger partial charge is 0.468 e. The smallest absolute Gasteiger partial charge is 0.422 e. The molecule has 0 fully saturated rings. The highest BCUT2D eigenvalue weighted by Gasteiger charge is 2.28. The average molecular weight is 391 g/mol. The van der Waals surface area contributed by atoms with Crippen LogP contribution in [-0.2, 0) is 11.3 Å². The number of nitrogens with zero attached hydrogens (tertiary/aromatic N) is 2. The Kier molecular flexibility index (Phi) is 5.54. The van der Waals surface area contributed by atoms with Crippen molar-refractivity contribution in [3.05, 3.63) is 52.4 Å². The number of alkyl halides is 3. The van der Waals surface area contributed by atoms with Gasteiger partial charge >= 0.3 is 12.1 Å². The number of carbonyl (C=O) groups excluding carboxylic acids is 1. The zero-order chi connectivity index (χ0) is 16.9. The lowest BCUT2D eigenvalue weighted by atomic mass is 10.3. The lowest BCUT2D eigenvalue weighted by Crippen LogP contribution is -2.19. The molecule has 0 N–H and O–H groups in total. The molecule has 2 rings (SSSR count). The Balaban J connectivity index is 1.96. The standard InChI is InChI=1S/C14H10BrF3N2O3/c15-11-3-1-2-10(20-11)7-22-13(21)9-4-5-19-12(6-9)23-8-14(16,17)18/h1-6H,7-8H2. The predicted molar refractivity (Wildman–Crippen MR) is 76.8 cm³/mol. The van der Waals surface area contributed by atoms with Crippen LogP contribution >= 0.6 is 15.9 Å². The summed E-state index contributed by atoms with van der Waals surface area (Å²) in [6.07, 6.45) is -3.32. The van der Waals surface area contributed by atoms with Crippen molar-refractivity contribution in [2.75, 3.05) is 6.61 Å². The number of rotatable bonds is 5. The van der Waals surface area contributed by atoms with E-state index in [0.29, 0.717) is 10.3 Å². The lowest BCUT2D eigenvalue weighted by molar-refractivity contribution is -0.154. The molecule has 0 bridgehead atoms.